The number of rotatable bonds is 3. The predicted molar refractivity (Wildman–Crippen MR) is 124 cm³/mol. The van der Waals surface area contributed by atoms with E-state index in [1.165, 1.54) is 0 Å². The summed E-state index contributed by atoms with van der Waals surface area (Å²) in [5, 5.41) is 20.9. The summed E-state index contributed by atoms with van der Waals surface area (Å²) in [7, 11) is 0. The van der Waals surface area contributed by atoms with Crippen molar-refractivity contribution in [2.24, 2.45) is 5.41 Å². The first kappa shape index (κ1) is 19.8. The Labute approximate surface area is 187 Å². The second kappa shape index (κ2) is 7.52. The molecule has 0 saturated carbocycles. The summed E-state index contributed by atoms with van der Waals surface area (Å²) in [6.45, 7) is 1.98. The minimum absolute atomic E-state index is 0.0837. The first-order valence-electron chi connectivity index (χ1n) is 10.6. The average Bonchev–Trinajstić information content (AvgIpc) is 3.15. The van der Waals surface area contributed by atoms with Crippen molar-refractivity contribution in [2.45, 2.75) is 24.9 Å². The molecule has 4 heteroatoms. The predicted octanol–water partition coefficient (Wildman–Crippen LogP) is 5.28. The van der Waals surface area contributed by atoms with Gasteiger partial charge >= 0.3 is 0 Å². The van der Waals surface area contributed by atoms with Crippen molar-refractivity contribution in [1.29, 1.82) is 10.5 Å². The number of ketones is 1. The van der Waals surface area contributed by atoms with Gasteiger partial charge in [-0.05, 0) is 24.1 Å². The van der Waals surface area contributed by atoms with E-state index in [0.717, 1.165) is 22.4 Å². The number of carbonyl (C=O) groups is 1. The second-order valence-corrected chi connectivity index (χ2v) is 8.43. The fraction of sp³-hybridized carbons (Fsp3) is 0.179. The van der Waals surface area contributed by atoms with Gasteiger partial charge in [0, 0.05) is 17.2 Å². The van der Waals surface area contributed by atoms with Gasteiger partial charge in [-0.15, -0.1) is 0 Å². The second-order valence-electron chi connectivity index (χ2n) is 8.43. The number of fused-ring (bicyclic) bond motifs is 3. The van der Waals surface area contributed by atoms with Gasteiger partial charge in [0.05, 0.1) is 18.2 Å². The number of benzene rings is 3. The summed E-state index contributed by atoms with van der Waals surface area (Å²) >= 11 is 0. The molecule has 2 heterocycles. The lowest BCUT2D eigenvalue weighted by Crippen LogP contribution is -2.44. The number of aryl methyl sites for hydroxylation is 1. The highest BCUT2D eigenvalue weighted by atomic mass is 16.1. The van der Waals surface area contributed by atoms with Crippen LogP contribution in [0.1, 0.15) is 33.0 Å². The molecule has 3 aromatic carbocycles. The Morgan fingerprint density at radius 3 is 2.38 bits per heavy atom. The number of Topliss-reactive ketones (excluding diaryl/α,β-unsaturated/α-hetero) is 1. The molecule has 32 heavy (non-hydrogen) atoms. The molecule has 3 atom stereocenters. The lowest BCUT2D eigenvalue weighted by Gasteiger charge is -2.35. The molecule has 2 aliphatic rings. The van der Waals surface area contributed by atoms with Gasteiger partial charge < -0.3 is 4.90 Å². The van der Waals surface area contributed by atoms with E-state index in [1.807, 2.05) is 90.7 Å². The molecule has 0 amide bonds. The van der Waals surface area contributed by atoms with Gasteiger partial charge in [-0.25, -0.2) is 0 Å². The fourth-order valence-corrected chi connectivity index (χ4v) is 5.24. The van der Waals surface area contributed by atoms with E-state index in [2.05, 4.69) is 12.1 Å². The number of hydrogen-bond acceptors (Lipinski definition) is 4. The first-order chi connectivity index (χ1) is 15.6. The van der Waals surface area contributed by atoms with Crippen molar-refractivity contribution < 1.29 is 4.79 Å². The smallest absolute Gasteiger partial charge is 0.185 e. The minimum Gasteiger partial charge on any atom is -0.351 e. The van der Waals surface area contributed by atoms with Gasteiger partial charge in [-0.2, -0.15) is 10.5 Å². The lowest BCUT2D eigenvalue weighted by molar-refractivity contribution is 0.0951. The van der Waals surface area contributed by atoms with Gasteiger partial charge in [0.15, 0.2) is 11.2 Å². The summed E-state index contributed by atoms with van der Waals surface area (Å²) in [5.74, 6) is -0.689. The minimum atomic E-state index is -1.41. The summed E-state index contributed by atoms with van der Waals surface area (Å²) in [4.78, 5) is 16.0. The summed E-state index contributed by atoms with van der Waals surface area (Å²) in [6, 6.07) is 28.3. The summed E-state index contributed by atoms with van der Waals surface area (Å²) < 4.78 is 0. The Morgan fingerprint density at radius 2 is 1.66 bits per heavy atom. The summed E-state index contributed by atoms with van der Waals surface area (Å²) in [6.07, 6.45) is 3.87. The van der Waals surface area contributed by atoms with Crippen LogP contribution in [0.2, 0.25) is 0 Å². The molecular formula is C28H21N3O. The molecule has 0 unspecified atom stereocenters. The maximum Gasteiger partial charge on any atom is 0.185 e. The maximum absolute atomic E-state index is 14.0. The van der Waals surface area contributed by atoms with E-state index in [-0.39, 0.29) is 5.78 Å². The van der Waals surface area contributed by atoms with E-state index in [4.69, 9.17) is 0 Å². The monoisotopic (exact) mass is 415 g/mol. The molecule has 0 spiro atoms. The molecule has 2 aliphatic heterocycles. The van der Waals surface area contributed by atoms with Gasteiger partial charge in [0.1, 0.15) is 6.04 Å². The van der Waals surface area contributed by atoms with Crippen molar-refractivity contribution in [3.63, 3.8) is 0 Å². The highest BCUT2D eigenvalue weighted by molar-refractivity contribution is 6.04. The maximum atomic E-state index is 14.0. The van der Waals surface area contributed by atoms with Gasteiger partial charge in [-0.3, -0.25) is 4.79 Å². The van der Waals surface area contributed by atoms with E-state index < -0.39 is 23.4 Å². The lowest BCUT2D eigenvalue weighted by atomic mass is 9.69. The number of para-hydroxylation sites is 1. The van der Waals surface area contributed by atoms with E-state index >= 15 is 0 Å². The van der Waals surface area contributed by atoms with Crippen LogP contribution in [-0.2, 0) is 0 Å². The van der Waals surface area contributed by atoms with Gasteiger partial charge in [-0.1, -0.05) is 90.5 Å². The van der Waals surface area contributed by atoms with Crippen LogP contribution >= 0.6 is 0 Å². The molecule has 0 bridgehead atoms. The Bertz CT molecular complexity index is 1300. The third-order valence-corrected chi connectivity index (χ3v) is 6.64. The van der Waals surface area contributed by atoms with Crippen LogP contribution in [-0.4, -0.2) is 17.9 Å². The molecule has 1 fully saturated rings. The third kappa shape index (κ3) is 2.77. The zero-order chi connectivity index (χ0) is 22.3. The van der Waals surface area contributed by atoms with Crippen molar-refractivity contribution >= 4 is 17.5 Å². The number of carbonyl (C=O) groups excluding carboxylic acids is 1. The van der Waals surface area contributed by atoms with E-state index in [1.54, 1.807) is 12.1 Å². The fourth-order valence-electron chi connectivity index (χ4n) is 5.24. The largest absolute Gasteiger partial charge is 0.351 e. The number of anilines is 1. The van der Waals surface area contributed by atoms with Crippen molar-refractivity contribution in [2.75, 3.05) is 4.90 Å². The van der Waals surface area contributed by atoms with E-state index in [0.29, 0.717) is 5.56 Å². The SMILES string of the molecule is Cc1cccc([C@@H]2[C@@H](C(=O)c3ccccc3)N3c4ccccc4C=C[C@H]3C2(C#N)C#N)c1. The molecule has 0 aliphatic carbocycles. The molecule has 0 aromatic heterocycles. The van der Waals surface area contributed by atoms with Crippen LogP contribution < -0.4 is 4.90 Å². The molecule has 1 saturated heterocycles. The Morgan fingerprint density at radius 1 is 0.938 bits per heavy atom. The topological polar surface area (TPSA) is 67.9 Å². The van der Waals surface area contributed by atoms with E-state index in [9.17, 15) is 15.3 Å². The molecular weight excluding hydrogens is 394 g/mol. The molecule has 154 valence electrons. The highest BCUT2D eigenvalue weighted by Gasteiger charge is 2.63. The number of hydrogen-bond donors (Lipinski definition) is 0. The van der Waals surface area contributed by atoms with Gasteiger partial charge in [0.2, 0.25) is 0 Å². The molecule has 0 radical (unpaired) electrons. The molecule has 3 aromatic rings. The van der Waals surface area contributed by atoms with Crippen molar-refractivity contribution in [1.82, 2.24) is 0 Å². The van der Waals surface area contributed by atoms with Crippen LogP contribution in [0.5, 0.6) is 0 Å². The Hall–Kier alpha value is -4.15. The van der Waals surface area contributed by atoms with Gasteiger partial charge in [0.25, 0.3) is 0 Å². The Balaban J connectivity index is 1.80. The van der Waals surface area contributed by atoms with Crippen LogP contribution in [0.4, 0.5) is 5.69 Å². The number of nitriles is 2. The third-order valence-electron chi connectivity index (χ3n) is 6.64. The number of nitrogens with zero attached hydrogens (tertiary/aromatic N) is 3. The van der Waals surface area contributed by atoms with Crippen molar-refractivity contribution in [3.8, 4) is 12.1 Å². The highest BCUT2D eigenvalue weighted by Crippen LogP contribution is 2.55. The molecule has 0 N–H and O–H groups in total. The standard InChI is InChI=1S/C28H21N3O/c1-19-8-7-12-22(16-19)25-26(27(32)21-10-3-2-4-11-21)31-23-13-6-5-9-20(23)14-15-24(31)28(25,17-29)18-30/h2-16,24-26H,1H3/t24-,25+,26-/m0/s1. The zero-order valence-electron chi connectivity index (χ0n) is 17.6. The van der Waals surface area contributed by atoms with Crippen LogP contribution in [0.15, 0.2) is 84.9 Å². The van der Waals surface area contributed by atoms with Crippen molar-refractivity contribution in [3.05, 3.63) is 107 Å². The van der Waals surface area contributed by atoms with Crippen LogP contribution in [0, 0.1) is 35.0 Å². The average molecular weight is 415 g/mol. The zero-order valence-corrected chi connectivity index (χ0v) is 17.6. The Kier molecular flexibility index (Phi) is 4.65. The molecule has 4 nitrogen and oxygen atoms in total. The van der Waals surface area contributed by atoms with Crippen LogP contribution in [0.25, 0.3) is 6.08 Å². The normalized spacial score (nSPS) is 22.3. The van der Waals surface area contributed by atoms with Crippen LogP contribution in [0.3, 0.4) is 0 Å². The first-order valence-corrected chi connectivity index (χ1v) is 10.6. The molecule has 5 rings (SSSR count). The quantitative estimate of drug-likeness (QED) is 0.546. The summed E-state index contributed by atoms with van der Waals surface area (Å²) in [5.41, 5.74) is 2.88.